The molecular weight excluding hydrogens is 587 g/mol. The van der Waals surface area contributed by atoms with E-state index in [9.17, 15) is 8.42 Å². The third-order valence-electron chi connectivity index (χ3n) is 6.72. The standard InChI is InChI=1S/C25H33Cl3N4O4SSi/c1-25(2,3)38(5,6)36-23-21(30-16-29-20-11-7-10-18(26)22(20)28)13-12-19(27)24(23)37(33,34)31-32-14-8-9-17(32)15-35-4/h7,10-13,17,31H,8-9,14-15H2,1-6H3/t17-/m0/s1. The molecule has 0 radical (unpaired) electrons. The highest BCUT2D eigenvalue weighted by atomic mass is 35.5. The van der Waals surface area contributed by atoms with Crippen molar-refractivity contribution >= 4 is 70.5 Å². The van der Waals surface area contributed by atoms with Gasteiger partial charge >= 0.3 is 0 Å². The molecule has 1 fully saturated rings. The first-order chi connectivity index (χ1) is 17.7. The molecule has 0 aromatic heterocycles. The third-order valence-corrected chi connectivity index (χ3v) is 13.7. The van der Waals surface area contributed by atoms with Crippen LogP contribution < -0.4 is 9.26 Å². The van der Waals surface area contributed by atoms with E-state index in [4.69, 9.17) is 44.0 Å². The maximum Gasteiger partial charge on any atom is 0.258 e. The van der Waals surface area contributed by atoms with Crippen molar-refractivity contribution in [3.63, 3.8) is 0 Å². The lowest BCUT2D eigenvalue weighted by atomic mass is 10.2. The first-order valence-corrected chi connectivity index (χ1v) is 17.6. The van der Waals surface area contributed by atoms with E-state index in [0.717, 1.165) is 12.8 Å². The summed E-state index contributed by atoms with van der Waals surface area (Å²) in [6.07, 6.45) is 1.65. The molecule has 0 saturated carbocycles. The van der Waals surface area contributed by atoms with E-state index in [0.29, 0.717) is 23.9 Å². The van der Waals surface area contributed by atoms with Gasteiger partial charge in [0.05, 0.1) is 27.4 Å². The van der Waals surface area contributed by atoms with Crippen molar-refractivity contribution < 1.29 is 17.6 Å². The Balaban J connectivity index is 2.14. The molecule has 0 bridgehead atoms. The average Bonchev–Trinajstić information content (AvgIpc) is 3.23. The highest BCUT2D eigenvalue weighted by Gasteiger charge is 2.42. The molecule has 208 valence electrons. The Morgan fingerprint density at radius 3 is 2.45 bits per heavy atom. The number of nitrogens with zero attached hydrogens (tertiary/aromatic N) is 3. The average molecular weight is 620 g/mol. The Morgan fingerprint density at radius 2 is 1.79 bits per heavy atom. The quantitative estimate of drug-likeness (QED) is 0.232. The van der Waals surface area contributed by atoms with Gasteiger partial charge in [0.2, 0.25) is 0 Å². The highest BCUT2D eigenvalue weighted by Crippen LogP contribution is 2.45. The molecule has 1 atom stereocenters. The molecule has 2 aromatic carbocycles. The first kappa shape index (κ1) is 31.1. The summed E-state index contributed by atoms with van der Waals surface area (Å²) < 4.78 is 39.4. The Hall–Kier alpha value is -1.46. The smallest absolute Gasteiger partial charge is 0.258 e. The second-order valence-corrected chi connectivity index (χ2v) is 18.0. The van der Waals surface area contributed by atoms with Crippen LogP contribution in [0.4, 0.5) is 11.4 Å². The maximum atomic E-state index is 13.8. The Morgan fingerprint density at radius 1 is 1.11 bits per heavy atom. The van der Waals surface area contributed by atoms with E-state index in [1.807, 2.05) is 13.1 Å². The fourth-order valence-corrected chi connectivity index (χ4v) is 6.85. The SMILES string of the molecule is COC[C@@H]1CCCN1NS(=O)(=O)c1c(Cl)ccc(N=C=Nc2cccc(Cl)c2Cl)c1O[Si](C)(C)C(C)(C)C. The first-order valence-electron chi connectivity index (χ1n) is 12.1. The van der Waals surface area contributed by atoms with Crippen LogP contribution in [0.15, 0.2) is 45.2 Å². The predicted molar refractivity (Wildman–Crippen MR) is 157 cm³/mol. The lowest BCUT2D eigenvalue weighted by molar-refractivity contribution is 0.104. The zero-order chi connectivity index (χ0) is 28.3. The highest BCUT2D eigenvalue weighted by molar-refractivity contribution is 7.89. The van der Waals surface area contributed by atoms with Crippen molar-refractivity contribution in [3.8, 4) is 5.75 Å². The summed E-state index contributed by atoms with van der Waals surface area (Å²) in [5.74, 6) is 0.0546. The zero-order valence-corrected chi connectivity index (χ0v) is 26.4. The second-order valence-electron chi connectivity index (χ2n) is 10.5. The van der Waals surface area contributed by atoms with Gasteiger partial charge in [-0.2, -0.15) is 9.98 Å². The molecule has 0 aliphatic carbocycles. The molecule has 1 N–H and O–H groups in total. The Labute approximate surface area is 241 Å². The molecule has 8 nitrogen and oxygen atoms in total. The number of aliphatic imine (C=N–C) groups is 2. The van der Waals surface area contributed by atoms with Gasteiger partial charge in [0.25, 0.3) is 18.3 Å². The van der Waals surface area contributed by atoms with Crippen molar-refractivity contribution in [2.24, 2.45) is 9.98 Å². The number of hydrazine groups is 1. The van der Waals surface area contributed by atoms with Crippen molar-refractivity contribution in [3.05, 3.63) is 45.4 Å². The van der Waals surface area contributed by atoms with Crippen LogP contribution in [0, 0.1) is 0 Å². The van der Waals surface area contributed by atoms with Gasteiger partial charge in [-0.1, -0.05) is 61.6 Å². The molecule has 38 heavy (non-hydrogen) atoms. The number of nitrogens with one attached hydrogen (secondary N) is 1. The van der Waals surface area contributed by atoms with E-state index < -0.39 is 18.3 Å². The number of halogens is 3. The van der Waals surface area contributed by atoms with Gasteiger partial charge in [-0.05, 0) is 55.2 Å². The summed E-state index contributed by atoms with van der Waals surface area (Å²) in [6, 6.07) is 10.6. The van der Waals surface area contributed by atoms with Gasteiger partial charge in [0, 0.05) is 19.7 Å². The summed E-state index contributed by atoms with van der Waals surface area (Å²) in [5.41, 5.74) is 0.591. The van der Waals surface area contributed by atoms with Gasteiger partial charge in [-0.25, -0.2) is 13.4 Å². The third kappa shape index (κ3) is 7.18. The van der Waals surface area contributed by atoms with Gasteiger partial charge in [0.1, 0.15) is 16.6 Å². The Bertz CT molecular complexity index is 1340. The number of rotatable bonds is 9. The lowest BCUT2D eigenvalue weighted by Gasteiger charge is -2.37. The molecule has 1 aliphatic heterocycles. The fraction of sp³-hybridized carbons (Fsp3) is 0.480. The molecule has 3 rings (SSSR count). The monoisotopic (exact) mass is 618 g/mol. The van der Waals surface area contributed by atoms with E-state index in [2.05, 4.69) is 41.6 Å². The van der Waals surface area contributed by atoms with Crippen LogP contribution in [0.5, 0.6) is 5.75 Å². The van der Waals surface area contributed by atoms with Crippen LogP contribution in [0.3, 0.4) is 0 Å². The molecule has 0 unspecified atom stereocenters. The van der Waals surface area contributed by atoms with Gasteiger partial charge in [-0.15, -0.1) is 4.83 Å². The lowest BCUT2D eigenvalue weighted by Crippen LogP contribution is -2.47. The molecule has 2 aromatic rings. The Kier molecular flexibility index (Phi) is 10.1. The summed E-state index contributed by atoms with van der Waals surface area (Å²) in [7, 11) is -5.11. The fourth-order valence-electron chi connectivity index (χ4n) is 3.61. The van der Waals surface area contributed by atoms with E-state index in [1.54, 1.807) is 36.4 Å². The van der Waals surface area contributed by atoms with Crippen LogP contribution in [0.25, 0.3) is 0 Å². The minimum Gasteiger partial charge on any atom is -0.541 e. The van der Waals surface area contributed by atoms with Gasteiger partial charge < -0.3 is 9.16 Å². The van der Waals surface area contributed by atoms with Crippen LogP contribution in [0.2, 0.25) is 33.2 Å². The normalized spacial score (nSPS) is 16.8. The van der Waals surface area contributed by atoms with E-state index in [1.165, 1.54) is 6.07 Å². The van der Waals surface area contributed by atoms with Crippen molar-refractivity contribution in [2.45, 2.75) is 62.7 Å². The molecule has 1 heterocycles. The number of sulfonamides is 1. The largest absolute Gasteiger partial charge is 0.541 e. The molecule has 1 aliphatic rings. The number of benzene rings is 2. The van der Waals surface area contributed by atoms with Crippen molar-refractivity contribution in [2.75, 3.05) is 20.3 Å². The van der Waals surface area contributed by atoms with E-state index >= 15 is 0 Å². The number of hydrogen-bond acceptors (Lipinski definition) is 7. The zero-order valence-electron chi connectivity index (χ0n) is 22.3. The van der Waals surface area contributed by atoms with Crippen molar-refractivity contribution in [1.29, 1.82) is 0 Å². The minimum absolute atomic E-state index is 0.0162. The minimum atomic E-state index is -4.16. The van der Waals surface area contributed by atoms with E-state index in [-0.39, 0.29) is 37.5 Å². The summed E-state index contributed by atoms with van der Waals surface area (Å²) in [5, 5.41) is 2.06. The van der Waals surface area contributed by atoms with Crippen molar-refractivity contribution in [1.82, 2.24) is 9.84 Å². The van der Waals surface area contributed by atoms with Crippen LogP contribution >= 0.6 is 34.8 Å². The number of methoxy groups -OCH3 is 1. The summed E-state index contributed by atoms with van der Waals surface area (Å²) >= 11 is 18.8. The molecule has 0 amide bonds. The molecule has 13 heteroatoms. The number of ether oxygens (including phenoxy) is 1. The van der Waals surface area contributed by atoms with Crippen LogP contribution in [-0.4, -0.2) is 54.1 Å². The topological polar surface area (TPSA) is 92.6 Å². The number of hydrogen-bond donors (Lipinski definition) is 1. The molecule has 1 saturated heterocycles. The summed E-state index contributed by atoms with van der Waals surface area (Å²) in [6.45, 7) is 11.1. The van der Waals surface area contributed by atoms with Gasteiger partial charge in [0.15, 0.2) is 5.75 Å². The molecular formula is C25H33Cl3N4O4SSi. The molecule has 0 spiro atoms. The van der Waals surface area contributed by atoms with Crippen LogP contribution in [0.1, 0.15) is 33.6 Å². The van der Waals surface area contributed by atoms with Crippen LogP contribution in [-0.2, 0) is 14.8 Å². The van der Waals surface area contributed by atoms with Gasteiger partial charge in [-0.3, -0.25) is 0 Å². The second kappa shape index (κ2) is 12.4. The summed E-state index contributed by atoms with van der Waals surface area (Å²) in [4.78, 5) is 11.0. The maximum absolute atomic E-state index is 13.8. The predicted octanol–water partition coefficient (Wildman–Crippen LogP) is 7.47.